The van der Waals surface area contributed by atoms with Crippen LogP contribution < -0.4 is 5.73 Å². The Hall–Kier alpha value is -1.39. The predicted molar refractivity (Wildman–Crippen MR) is 75.1 cm³/mol. The van der Waals surface area contributed by atoms with E-state index in [9.17, 15) is 4.79 Å². The summed E-state index contributed by atoms with van der Waals surface area (Å²) in [5.74, 6) is 0.0837. The molecule has 0 radical (unpaired) electrons. The first-order valence-corrected chi connectivity index (χ1v) is 6.75. The highest BCUT2D eigenvalue weighted by Crippen LogP contribution is 2.20. The lowest BCUT2D eigenvalue weighted by Crippen LogP contribution is -2.50. The second-order valence-corrected chi connectivity index (χ2v) is 5.53. The summed E-state index contributed by atoms with van der Waals surface area (Å²) < 4.78 is 5.65. The molecule has 0 saturated carbocycles. The van der Waals surface area contributed by atoms with Gasteiger partial charge >= 0.3 is 0 Å². The lowest BCUT2D eigenvalue weighted by atomic mass is 10.0. The molecule has 1 fully saturated rings. The summed E-state index contributed by atoms with van der Waals surface area (Å²) in [5, 5.41) is 0. The zero-order valence-electron chi connectivity index (χ0n) is 11.7. The van der Waals surface area contributed by atoms with Crippen LogP contribution in [0.4, 0.5) is 0 Å². The monoisotopic (exact) mass is 262 g/mol. The van der Waals surface area contributed by atoms with E-state index in [1.54, 1.807) is 0 Å². The van der Waals surface area contributed by atoms with Crippen LogP contribution in [0.3, 0.4) is 0 Å². The SMILES string of the molecule is CC1(C)CN(C(=O)c2ccccc2CCN)CCO1. The van der Waals surface area contributed by atoms with E-state index in [0.29, 0.717) is 26.2 Å². The predicted octanol–water partition coefficient (Wildman–Crippen LogP) is 1.44. The van der Waals surface area contributed by atoms with Crippen molar-refractivity contribution in [2.75, 3.05) is 26.2 Å². The third-order valence-electron chi connectivity index (χ3n) is 3.37. The summed E-state index contributed by atoms with van der Waals surface area (Å²) in [4.78, 5) is 14.5. The highest BCUT2D eigenvalue weighted by Gasteiger charge is 2.30. The Labute approximate surface area is 114 Å². The van der Waals surface area contributed by atoms with Crippen molar-refractivity contribution in [2.45, 2.75) is 25.9 Å². The molecule has 19 heavy (non-hydrogen) atoms. The van der Waals surface area contributed by atoms with Gasteiger partial charge in [0.2, 0.25) is 0 Å². The van der Waals surface area contributed by atoms with E-state index < -0.39 is 0 Å². The number of benzene rings is 1. The quantitative estimate of drug-likeness (QED) is 0.896. The van der Waals surface area contributed by atoms with Gasteiger partial charge in [0.15, 0.2) is 0 Å². The van der Waals surface area contributed by atoms with Crippen molar-refractivity contribution in [3.8, 4) is 0 Å². The van der Waals surface area contributed by atoms with Gasteiger partial charge in [0, 0.05) is 18.7 Å². The average molecular weight is 262 g/mol. The molecule has 4 heteroatoms. The lowest BCUT2D eigenvalue weighted by molar-refractivity contribution is -0.0764. The van der Waals surface area contributed by atoms with Crippen LogP contribution in [0, 0.1) is 0 Å². The van der Waals surface area contributed by atoms with Crippen molar-refractivity contribution in [2.24, 2.45) is 5.73 Å². The lowest BCUT2D eigenvalue weighted by Gasteiger charge is -2.38. The normalized spacial score (nSPS) is 18.4. The standard InChI is InChI=1S/C15H22N2O2/c1-15(2)11-17(9-10-19-15)14(18)13-6-4-3-5-12(13)7-8-16/h3-6H,7-11,16H2,1-2H3. The van der Waals surface area contributed by atoms with Crippen LogP contribution in [0.1, 0.15) is 29.8 Å². The molecule has 2 rings (SSSR count). The first-order chi connectivity index (χ1) is 9.03. The molecule has 1 saturated heterocycles. The maximum Gasteiger partial charge on any atom is 0.254 e. The number of carbonyl (C=O) groups is 1. The van der Waals surface area contributed by atoms with Crippen LogP contribution in [-0.2, 0) is 11.2 Å². The van der Waals surface area contributed by atoms with Crippen LogP contribution in [0.15, 0.2) is 24.3 Å². The van der Waals surface area contributed by atoms with E-state index in [1.807, 2.05) is 43.0 Å². The van der Waals surface area contributed by atoms with Crippen LogP contribution in [-0.4, -0.2) is 42.6 Å². The van der Waals surface area contributed by atoms with Crippen LogP contribution >= 0.6 is 0 Å². The Morgan fingerprint density at radius 3 is 2.84 bits per heavy atom. The number of carbonyl (C=O) groups excluding carboxylic acids is 1. The van der Waals surface area contributed by atoms with E-state index in [4.69, 9.17) is 10.5 Å². The topological polar surface area (TPSA) is 55.6 Å². The summed E-state index contributed by atoms with van der Waals surface area (Å²) >= 11 is 0. The van der Waals surface area contributed by atoms with Crippen molar-refractivity contribution >= 4 is 5.91 Å². The van der Waals surface area contributed by atoms with Crippen LogP contribution in [0.25, 0.3) is 0 Å². The maximum atomic E-state index is 12.6. The smallest absolute Gasteiger partial charge is 0.254 e. The molecular weight excluding hydrogens is 240 g/mol. The Morgan fingerprint density at radius 2 is 2.16 bits per heavy atom. The highest BCUT2D eigenvalue weighted by molar-refractivity contribution is 5.95. The van der Waals surface area contributed by atoms with Gasteiger partial charge in [-0.15, -0.1) is 0 Å². The second kappa shape index (κ2) is 5.72. The number of nitrogens with two attached hydrogens (primary N) is 1. The van der Waals surface area contributed by atoms with Crippen LogP contribution in [0.2, 0.25) is 0 Å². The fraction of sp³-hybridized carbons (Fsp3) is 0.533. The number of rotatable bonds is 3. The van der Waals surface area contributed by atoms with Crippen LogP contribution in [0.5, 0.6) is 0 Å². The van der Waals surface area contributed by atoms with Crippen molar-refractivity contribution in [1.29, 1.82) is 0 Å². The van der Waals surface area contributed by atoms with Crippen molar-refractivity contribution in [3.63, 3.8) is 0 Å². The number of ether oxygens (including phenoxy) is 1. The van der Waals surface area contributed by atoms with E-state index in [-0.39, 0.29) is 11.5 Å². The summed E-state index contributed by atoms with van der Waals surface area (Å²) in [6.45, 7) is 6.45. The second-order valence-electron chi connectivity index (χ2n) is 5.53. The summed E-state index contributed by atoms with van der Waals surface area (Å²) in [6.07, 6.45) is 0.732. The molecule has 4 nitrogen and oxygen atoms in total. The Kier molecular flexibility index (Phi) is 4.22. The number of amides is 1. The van der Waals surface area contributed by atoms with Gasteiger partial charge < -0.3 is 15.4 Å². The first-order valence-electron chi connectivity index (χ1n) is 6.75. The zero-order valence-corrected chi connectivity index (χ0v) is 11.7. The van der Waals surface area contributed by atoms with E-state index in [2.05, 4.69) is 0 Å². The minimum absolute atomic E-state index is 0.0837. The Bertz CT molecular complexity index is 457. The first kappa shape index (κ1) is 14.0. The summed E-state index contributed by atoms with van der Waals surface area (Å²) in [6, 6.07) is 7.71. The number of morpholine rings is 1. The van der Waals surface area contributed by atoms with Gasteiger partial charge in [0.05, 0.1) is 12.2 Å². The molecule has 1 heterocycles. The largest absolute Gasteiger partial charge is 0.372 e. The maximum absolute atomic E-state index is 12.6. The molecule has 0 aliphatic carbocycles. The summed E-state index contributed by atoms with van der Waals surface area (Å²) in [7, 11) is 0. The third kappa shape index (κ3) is 3.33. The van der Waals surface area contributed by atoms with Gasteiger partial charge in [0.25, 0.3) is 5.91 Å². The van der Waals surface area contributed by atoms with Gasteiger partial charge in [-0.2, -0.15) is 0 Å². The molecule has 0 aromatic heterocycles. The van der Waals surface area contributed by atoms with E-state index in [1.165, 1.54) is 0 Å². The molecule has 0 unspecified atom stereocenters. The third-order valence-corrected chi connectivity index (χ3v) is 3.37. The van der Waals surface area contributed by atoms with E-state index in [0.717, 1.165) is 17.5 Å². The summed E-state index contributed by atoms with van der Waals surface area (Å²) in [5.41, 5.74) is 7.14. The number of nitrogens with zero attached hydrogens (tertiary/aromatic N) is 1. The van der Waals surface area contributed by atoms with Crippen molar-refractivity contribution in [1.82, 2.24) is 4.90 Å². The van der Waals surface area contributed by atoms with Crippen molar-refractivity contribution < 1.29 is 9.53 Å². The Morgan fingerprint density at radius 1 is 1.42 bits per heavy atom. The molecule has 1 aliphatic heterocycles. The van der Waals surface area contributed by atoms with Gasteiger partial charge in [-0.1, -0.05) is 18.2 Å². The van der Waals surface area contributed by atoms with Crippen molar-refractivity contribution in [3.05, 3.63) is 35.4 Å². The molecule has 0 bridgehead atoms. The molecule has 104 valence electrons. The highest BCUT2D eigenvalue weighted by atomic mass is 16.5. The molecule has 1 amide bonds. The minimum atomic E-state index is -0.267. The minimum Gasteiger partial charge on any atom is -0.372 e. The van der Waals surface area contributed by atoms with Gasteiger partial charge in [-0.05, 0) is 38.4 Å². The van der Waals surface area contributed by atoms with Gasteiger partial charge in [0.1, 0.15) is 0 Å². The molecule has 0 spiro atoms. The van der Waals surface area contributed by atoms with Gasteiger partial charge in [-0.3, -0.25) is 4.79 Å². The molecule has 2 N–H and O–H groups in total. The molecule has 1 aromatic rings. The fourth-order valence-electron chi connectivity index (χ4n) is 2.46. The molecular formula is C15H22N2O2. The molecule has 1 aromatic carbocycles. The zero-order chi connectivity index (χ0) is 13.9. The average Bonchev–Trinajstić information content (AvgIpc) is 2.38. The number of hydrogen-bond donors (Lipinski definition) is 1. The number of hydrogen-bond acceptors (Lipinski definition) is 3. The molecule has 1 aliphatic rings. The van der Waals surface area contributed by atoms with E-state index >= 15 is 0 Å². The molecule has 0 atom stereocenters. The Balaban J connectivity index is 2.19. The van der Waals surface area contributed by atoms with Gasteiger partial charge in [-0.25, -0.2) is 0 Å². The fourth-order valence-corrected chi connectivity index (χ4v) is 2.46.